The summed E-state index contributed by atoms with van der Waals surface area (Å²) in [5, 5.41) is 0. The van der Waals surface area contributed by atoms with Crippen molar-refractivity contribution >= 4 is 88.7 Å². The molecule has 4 nitrogen and oxygen atoms in total. The van der Waals surface area contributed by atoms with Crippen LogP contribution in [0.3, 0.4) is 0 Å². The third-order valence-electron chi connectivity index (χ3n) is 0. The van der Waals surface area contributed by atoms with E-state index in [4.69, 9.17) is 15.3 Å². The van der Waals surface area contributed by atoms with Gasteiger partial charge in [-0.1, -0.05) is 0 Å². The summed E-state index contributed by atoms with van der Waals surface area (Å²) in [7, 11) is 0. The van der Waals surface area contributed by atoms with Crippen molar-refractivity contribution in [3.05, 3.63) is 0 Å². The molecule has 0 saturated carbocycles. The summed E-state index contributed by atoms with van der Waals surface area (Å²) in [6.45, 7) is 0. The third-order valence-corrected chi connectivity index (χ3v) is 0. The Labute approximate surface area is 114 Å². The Hall–Kier alpha value is 2.72. The summed E-state index contributed by atoms with van der Waals surface area (Å²) in [6.07, 6.45) is 0. The molecule has 0 aliphatic heterocycles. The van der Waals surface area contributed by atoms with Gasteiger partial charge in [0.25, 0.3) is 0 Å². The van der Waals surface area contributed by atoms with E-state index in [1.165, 1.54) is 0 Å². The Balaban J connectivity index is -0.0000000267. The SMILES string of the molecule is [NaH].[NaH].[NaH].[O]=[Fe](=[O])(=[O])=[O]. The summed E-state index contributed by atoms with van der Waals surface area (Å²) in [5.74, 6) is 0. The Morgan fingerprint density at radius 3 is 0.625 bits per heavy atom. The Bertz CT molecular complexity index is 162. The van der Waals surface area contributed by atoms with Gasteiger partial charge in [0.15, 0.2) is 0 Å². The van der Waals surface area contributed by atoms with Gasteiger partial charge in [-0.05, 0) is 0 Å². The first kappa shape index (κ1) is 22.4. The molecule has 0 aromatic carbocycles. The molecule has 0 unspecified atom stereocenters. The monoisotopic (exact) mass is 192 g/mol. The molecule has 0 amide bonds. The van der Waals surface area contributed by atoms with Crippen molar-refractivity contribution in [1.82, 2.24) is 0 Å². The summed E-state index contributed by atoms with van der Waals surface area (Å²) in [5.41, 5.74) is 0. The Morgan fingerprint density at radius 2 is 0.625 bits per heavy atom. The van der Waals surface area contributed by atoms with Crippen LogP contribution in [-0.4, -0.2) is 88.7 Å². The van der Waals surface area contributed by atoms with E-state index in [0.717, 1.165) is 0 Å². The van der Waals surface area contributed by atoms with Gasteiger partial charge in [-0.15, -0.1) is 0 Å². The predicted octanol–water partition coefficient (Wildman–Crippen LogP) is -2.42. The van der Waals surface area contributed by atoms with E-state index in [9.17, 15) is 0 Å². The molecule has 0 fully saturated rings. The van der Waals surface area contributed by atoms with Gasteiger partial charge < -0.3 is 0 Å². The first-order valence-electron chi connectivity index (χ1n) is 0.577. The average molecular weight is 192 g/mol. The summed E-state index contributed by atoms with van der Waals surface area (Å²) >= 11 is -5.50. The van der Waals surface area contributed by atoms with Crippen LogP contribution in [-0.2, 0) is 27.9 Å². The van der Waals surface area contributed by atoms with E-state index in [1.54, 1.807) is 0 Å². The third kappa shape index (κ3) is 70.3. The van der Waals surface area contributed by atoms with E-state index >= 15 is 0 Å². The van der Waals surface area contributed by atoms with Crippen LogP contribution < -0.4 is 0 Å². The van der Waals surface area contributed by atoms with Gasteiger partial charge in [-0.2, -0.15) is 0 Å². The number of hydrogen-bond donors (Lipinski definition) is 0. The fourth-order valence-corrected chi connectivity index (χ4v) is 0. The first-order valence-corrected chi connectivity index (χ1v) is 2.38. The van der Waals surface area contributed by atoms with Crippen LogP contribution in [0.1, 0.15) is 0 Å². The van der Waals surface area contributed by atoms with Crippen molar-refractivity contribution in [1.29, 1.82) is 0 Å². The second-order valence-electron chi connectivity index (χ2n) is 0.354. The van der Waals surface area contributed by atoms with Gasteiger partial charge >= 0.3 is 117 Å². The molecule has 0 aromatic heterocycles. The molecule has 0 aliphatic carbocycles. The van der Waals surface area contributed by atoms with Gasteiger partial charge in [-0.25, -0.2) is 0 Å². The zero-order chi connectivity index (χ0) is 4.50. The van der Waals surface area contributed by atoms with Gasteiger partial charge in [0.05, 0.1) is 0 Å². The van der Waals surface area contributed by atoms with Gasteiger partial charge in [0.1, 0.15) is 0 Å². The van der Waals surface area contributed by atoms with Crippen LogP contribution in [0.2, 0.25) is 0 Å². The van der Waals surface area contributed by atoms with E-state index in [0.29, 0.717) is 0 Å². The van der Waals surface area contributed by atoms with Gasteiger partial charge in [0.2, 0.25) is 0 Å². The molecule has 8 heavy (non-hydrogen) atoms. The predicted molar refractivity (Wildman–Crippen MR) is 24.2 cm³/mol. The van der Waals surface area contributed by atoms with Crippen molar-refractivity contribution < 1.29 is 27.9 Å². The second kappa shape index (κ2) is 9.72. The van der Waals surface area contributed by atoms with Crippen molar-refractivity contribution in [2.75, 3.05) is 0 Å². The Kier molecular flexibility index (Phi) is 27.2. The first-order chi connectivity index (χ1) is 2.00. The van der Waals surface area contributed by atoms with Crippen LogP contribution in [0.25, 0.3) is 0 Å². The Morgan fingerprint density at radius 1 is 0.625 bits per heavy atom. The van der Waals surface area contributed by atoms with E-state index < -0.39 is 12.6 Å². The minimum atomic E-state index is -5.50. The molecule has 38 valence electrons. The zero-order valence-corrected chi connectivity index (χ0v) is 3.09. The van der Waals surface area contributed by atoms with Crippen molar-refractivity contribution in [2.24, 2.45) is 0 Å². The molecule has 0 atom stereocenters. The molecule has 0 aliphatic rings. The summed E-state index contributed by atoms with van der Waals surface area (Å²) in [6, 6.07) is 0. The maximum atomic E-state index is 8.56. The zero-order valence-electron chi connectivity index (χ0n) is 1.99. The normalized spacial score (nSPS) is 7.00. The van der Waals surface area contributed by atoms with Crippen LogP contribution >= 0.6 is 0 Å². The number of rotatable bonds is 0. The van der Waals surface area contributed by atoms with Crippen LogP contribution in [0.5, 0.6) is 0 Å². The fraction of sp³-hybridized carbons (Fsp3) is 0. The molecule has 0 bridgehead atoms. The molecule has 0 heterocycles. The maximum absolute atomic E-state index is 8.56. The minimum absolute atomic E-state index is 0. The average Bonchev–Trinajstić information content (AvgIpc) is 0.722. The topological polar surface area (TPSA) is 68.3 Å². The molecule has 0 spiro atoms. The standard InChI is InChI=1S/Fe.3Na.4O.3H. The molecule has 0 saturated heterocycles. The van der Waals surface area contributed by atoms with Crippen LogP contribution in [0.4, 0.5) is 0 Å². The molecule has 0 N–H and O–H groups in total. The van der Waals surface area contributed by atoms with Crippen LogP contribution in [0.15, 0.2) is 0 Å². The van der Waals surface area contributed by atoms with Crippen molar-refractivity contribution in [2.45, 2.75) is 0 Å². The summed E-state index contributed by atoms with van der Waals surface area (Å²) in [4.78, 5) is 0. The molecular weight excluding hydrogens is 189 g/mol. The van der Waals surface area contributed by atoms with Crippen LogP contribution in [0, 0.1) is 0 Å². The van der Waals surface area contributed by atoms with Gasteiger partial charge in [-0.3, -0.25) is 0 Å². The second-order valence-corrected chi connectivity index (χ2v) is 1.46. The fourth-order valence-electron chi connectivity index (χ4n) is 0. The molecule has 8 heteroatoms. The molecule has 0 aromatic rings. The van der Waals surface area contributed by atoms with Crippen molar-refractivity contribution in [3.8, 4) is 0 Å². The van der Waals surface area contributed by atoms with E-state index in [-0.39, 0.29) is 88.7 Å². The van der Waals surface area contributed by atoms with Gasteiger partial charge in [0, 0.05) is 0 Å². The van der Waals surface area contributed by atoms with E-state index in [1.807, 2.05) is 0 Å². The molecule has 0 radical (unpaired) electrons. The summed E-state index contributed by atoms with van der Waals surface area (Å²) < 4.78 is 34.2. The molecular formula is H3FeNa3O4. The van der Waals surface area contributed by atoms with Crippen molar-refractivity contribution in [3.63, 3.8) is 0 Å². The quantitative estimate of drug-likeness (QED) is 0.400. The van der Waals surface area contributed by atoms with E-state index in [2.05, 4.69) is 0 Å². The number of hydrogen-bond acceptors (Lipinski definition) is 4. The molecule has 0 rings (SSSR count).